The molecule has 8 heteroatoms. The van der Waals surface area contributed by atoms with Crippen LogP contribution in [0.1, 0.15) is 18.9 Å². The molecule has 0 radical (unpaired) electrons. The fraction of sp³-hybridized carbons (Fsp3) is 0.385. The number of nitrogens with one attached hydrogen (secondary N) is 2. The monoisotopic (exact) mass is 302 g/mol. The van der Waals surface area contributed by atoms with Gasteiger partial charge in [0.1, 0.15) is 12.7 Å². The van der Waals surface area contributed by atoms with E-state index in [1.54, 1.807) is 35.8 Å². The SMILES string of the molecule is CC(F)(F)CC(O)C(=O)NNC(=O)OCc1ccccc1. The van der Waals surface area contributed by atoms with Crippen molar-refractivity contribution >= 4 is 12.0 Å². The van der Waals surface area contributed by atoms with Gasteiger partial charge in [-0.2, -0.15) is 0 Å². The number of halogens is 2. The molecule has 116 valence electrons. The Morgan fingerprint density at radius 2 is 1.90 bits per heavy atom. The molecule has 0 aliphatic rings. The van der Waals surface area contributed by atoms with Gasteiger partial charge in [-0.05, 0) is 12.5 Å². The number of hydrogen-bond donors (Lipinski definition) is 3. The lowest BCUT2D eigenvalue weighted by Gasteiger charge is -2.15. The van der Waals surface area contributed by atoms with Gasteiger partial charge in [-0.25, -0.2) is 19.0 Å². The average molecular weight is 302 g/mol. The van der Waals surface area contributed by atoms with Crippen LogP contribution in [0.25, 0.3) is 0 Å². The molecule has 6 nitrogen and oxygen atoms in total. The lowest BCUT2D eigenvalue weighted by atomic mass is 10.1. The van der Waals surface area contributed by atoms with Gasteiger partial charge in [-0.3, -0.25) is 10.2 Å². The van der Waals surface area contributed by atoms with Gasteiger partial charge >= 0.3 is 6.09 Å². The molecule has 0 saturated carbocycles. The topological polar surface area (TPSA) is 87.7 Å². The Hall–Kier alpha value is -2.22. The van der Waals surface area contributed by atoms with Gasteiger partial charge < -0.3 is 9.84 Å². The number of aliphatic hydroxyl groups excluding tert-OH is 1. The number of ether oxygens (including phenoxy) is 1. The Labute approximate surface area is 120 Å². The summed E-state index contributed by atoms with van der Waals surface area (Å²) in [4.78, 5) is 22.5. The van der Waals surface area contributed by atoms with E-state index < -0.39 is 30.4 Å². The van der Waals surface area contributed by atoms with Crippen LogP contribution in [0.2, 0.25) is 0 Å². The lowest BCUT2D eigenvalue weighted by Crippen LogP contribution is -2.47. The molecule has 1 aromatic carbocycles. The molecule has 0 fully saturated rings. The first-order chi connectivity index (χ1) is 9.78. The third-order valence-electron chi connectivity index (χ3n) is 2.35. The van der Waals surface area contributed by atoms with E-state index in [9.17, 15) is 23.5 Å². The predicted octanol–water partition coefficient (Wildman–Crippen LogP) is 1.35. The van der Waals surface area contributed by atoms with Gasteiger partial charge in [0.25, 0.3) is 5.91 Å². The highest BCUT2D eigenvalue weighted by atomic mass is 19.3. The molecular formula is C13H16F2N2O4. The summed E-state index contributed by atoms with van der Waals surface area (Å²) in [5, 5.41) is 9.19. The standard InChI is InChI=1S/C13H16F2N2O4/c1-13(14,15)7-10(18)11(19)16-17-12(20)21-8-9-5-3-2-4-6-9/h2-6,10,18H,7-8H2,1H3,(H,16,19)(H,17,20). The first-order valence-electron chi connectivity index (χ1n) is 6.10. The summed E-state index contributed by atoms with van der Waals surface area (Å²) >= 11 is 0. The maximum atomic E-state index is 12.6. The Morgan fingerprint density at radius 1 is 1.29 bits per heavy atom. The van der Waals surface area contributed by atoms with Gasteiger partial charge in [0.05, 0.1) is 0 Å². The van der Waals surface area contributed by atoms with Crippen LogP contribution in [-0.2, 0) is 16.1 Å². The van der Waals surface area contributed by atoms with Crippen LogP contribution < -0.4 is 10.9 Å². The number of amides is 2. The average Bonchev–Trinajstić information content (AvgIpc) is 2.41. The Morgan fingerprint density at radius 3 is 2.48 bits per heavy atom. The number of rotatable bonds is 5. The number of aliphatic hydroxyl groups is 1. The zero-order chi connectivity index (χ0) is 15.9. The summed E-state index contributed by atoms with van der Waals surface area (Å²) in [5.74, 6) is -4.34. The summed E-state index contributed by atoms with van der Waals surface area (Å²) in [7, 11) is 0. The Balaban J connectivity index is 2.28. The molecule has 0 heterocycles. The minimum Gasteiger partial charge on any atom is -0.443 e. The van der Waals surface area contributed by atoms with Crippen molar-refractivity contribution in [2.75, 3.05) is 0 Å². The zero-order valence-corrected chi connectivity index (χ0v) is 11.3. The van der Waals surface area contributed by atoms with E-state index in [0.717, 1.165) is 5.56 Å². The predicted molar refractivity (Wildman–Crippen MR) is 69.2 cm³/mol. The van der Waals surface area contributed by atoms with E-state index in [1.807, 2.05) is 5.43 Å². The minimum absolute atomic E-state index is 0.0157. The molecule has 1 aromatic rings. The van der Waals surface area contributed by atoms with Crippen molar-refractivity contribution in [2.24, 2.45) is 0 Å². The molecule has 0 bridgehead atoms. The number of carbonyl (C=O) groups is 2. The fourth-order valence-corrected chi connectivity index (χ4v) is 1.39. The second-order valence-electron chi connectivity index (χ2n) is 4.47. The van der Waals surface area contributed by atoms with Crippen molar-refractivity contribution in [3.05, 3.63) is 35.9 Å². The smallest absolute Gasteiger partial charge is 0.426 e. The highest BCUT2D eigenvalue weighted by molar-refractivity contribution is 5.82. The van der Waals surface area contributed by atoms with Crippen LogP contribution in [0.4, 0.5) is 13.6 Å². The first-order valence-corrected chi connectivity index (χ1v) is 6.10. The third-order valence-corrected chi connectivity index (χ3v) is 2.35. The van der Waals surface area contributed by atoms with Crippen LogP contribution in [0.3, 0.4) is 0 Å². The number of hydrogen-bond acceptors (Lipinski definition) is 4. The fourth-order valence-electron chi connectivity index (χ4n) is 1.39. The molecule has 3 N–H and O–H groups in total. The molecule has 0 spiro atoms. The lowest BCUT2D eigenvalue weighted by molar-refractivity contribution is -0.135. The largest absolute Gasteiger partial charge is 0.443 e. The molecular weight excluding hydrogens is 286 g/mol. The highest BCUT2D eigenvalue weighted by Gasteiger charge is 2.29. The second kappa shape index (κ2) is 7.53. The summed E-state index contributed by atoms with van der Waals surface area (Å²) in [6.07, 6.45) is -3.94. The van der Waals surface area contributed by atoms with E-state index in [4.69, 9.17) is 4.74 Å². The zero-order valence-electron chi connectivity index (χ0n) is 11.3. The number of alkyl halides is 2. The molecule has 21 heavy (non-hydrogen) atoms. The number of carbonyl (C=O) groups excluding carboxylic acids is 2. The van der Waals surface area contributed by atoms with Crippen LogP contribution in [0.15, 0.2) is 30.3 Å². The third kappa shape index (κ3) is 7.21. The van der Waals surface area contributed by atoms with Crippen molar-refractivity contribution in [1.82, 2.24) is 10.9 Å². The van der Waals surface area contributed by atoms with Crippen molar-refractivity contribution in [3.8, 4) is 0 Å². The Bertz CT molecular complexity index is 477. The van der Waals surface area contributed by atoms with E-state index in [1.165, 1.54) is 0 Å². The van der Waals surface area contributed by atoms with Gasteiger partial charge in [-0.1, -0.05) is 30.3 Å². The van der Waals surface area contributed by atoms with Gasteiger partial charge in [0, 0.05) is 6.42 Å². The first kappa shape index (κ1) is 16.8. The van der Waals surface area contributed by atoms with E-state index in [-0.39, 0.29) is 6.61 Å². The van der Waals surface area contributed by atoms with Gasteiger partial charge in [-0.15, -0.1) is 0 Å². The second-order valence-corrected chi connectivity index (χ2v) is 4.47. The van der Waals surface area contributed by atoms with E-state index in [0.29, 0.717) is 6.92 Å². The van der Waals surface area contributed by atoms with Gasteiger partial charge in [0.15, 0.2) is 0 Å². The van der Waals surface area contributed by atoms with Crippen LogP contribution in [0.5, 0.6) is 0 Å². The van der Waals surface area contributed by atoms with Crippen LogP contribution in [-0.4, -0.2) is 29.1 Å². The van der Waals surface area contributed by atoms with Crippen molar-refractivity contribution in [3.63, 3.8) is 0 Å². The Kier molecular flexibility index (Phi) is 6.04. The van der Waals surface area contributed by atoms with E-state index >= 15 is 0 Å². The number of benzene rings is 1. The molecule has 1 rings (SSSR count). The molecule has 1 unspecified atom stereocenters. The summed E-state index contributed by atoms with van der Waals surface area (Å²) in [6.45, 7) is 0.559. The molecule has 0 aliphatic carbocycles. The van der Waals surface area contributed by atoms with Crippen molar-refractivity contribution in [2.45, 2.75) is 32.0 Å². The van der Waals surface area contributed by atoms with Crippen molar-refractivity contribution in [1.29, 1.82) is 0 Å². The molecule has 2 amide bonds. The normalized spacial score (nSPS) is 12.4. The molecule has 0 aromatic heterocycles. The summed E-state index contributed by atoms with van der Waals surface area (Å²) in [6, 6.07) is 8.80. The highest BCUT2D eigenvalue weighted by Crippen LogP contribution is 2.18. The minimum atomic E-state index is -3.19. The van der Waals surface area contributed by atoms with Gasteiger partial charge in [0.2, 0.25) is 5.92 Å². The molecule has 0 aliphatic heterocycles. The number of hydrazine groups is 1. The molecule has 1 atom stereocenters. The summed E-state index contributed by atoms with van der Waals surface area (Å²) < 4.78 is 29.9. The van der Waals surface area contributed by atoms with E-state index in [2.05, 4.69) is 0 Å². The quantitative estimate of drug-likeness (QED) is 0.716. The molecule has 0 saturated heterocycles. The summed E-state index contributed by atoms with van der Waals surface area (Å²) in [5.41, 5.74) is 4.39. The van der Waals surface area contributed by atoms with Crippen LogP contribution in [0, 0.1) is 0 Å². The van der Waals surface area contributed by atoms with Crippen LogP contribution >= 0.6 is 0 Å². The van der Waals surface area contributed by atoms with Crippen molar-refractivity contribution < 1.29 is 28.2 Å². The maximum Gasteiger partial charge on any atom is 0.426 e. The maximum absolute atomic E-state index is 12.6.